The lowest BCUT2D eigenvalue weighted by Gasteiger charge is -2.05. The van der Waals surface area contributed by atoms with Crippen LogP contribution in [-0.2, 0) is 0 Å². The lowest BCUT2D eigenvalue weighted by Crippen LogP contribution is -2.15. The molecule has 0 spiro atoms. The van der Waals surface area contributed by atoms with Crippen LogP contribution in [0.3, 0.4) is 0 Å². The molecule has 122 valence electrons. The van der Waals surface area contributed by atoms with Gasteiger partial charge >= 0.3 is 5.69 Å². The van der Waals surface area contributed by atoms with E-state index in [1.165, 1.54) is 0 Å². The number of para-hydroxylation sites is 1. The Hall–Kier alpha value is -3.74. The van der Waals surface area contributed by atoms with Crippen LogP contribution in [0.4, 0.5) is 5.69 Å². The van der Waals surface area contributed by atoms with Gasteiger partial charge in [0, 0.05) is 23.6 Å². The van der Waals surface area contributed by atoms with Gasteiger partial charge in [-0.1, -0.05) is 24.3 Å². The highest BCUT2D eigenvalue weighted by Crippen LogP contribution is 2.21. The summed E-state index contributed by atoms with van der Waals surface area (Å²) in [6, 6.07) is 14.6. The number of anilines is 1. The van der Waals surface area contributed by atoms with Gasteiger partial charge in [-0.05, 0) is 29.8 Å². The van der Waals surface area contributed by atoms with Crippen LogP contribution < -0.4 is 11.0 Å². The zero-order chi connectivity index (χ0) is 17.2. The normalized spacial score (nSPS) is 10.7. The molecule has 0 radical (unpaired) electrons. The molecule has 0 saturated heterocycles. The van der Waals surface area contributed by atoms with E-state index in [4.69, 9.17) is 0 Å². The Balaban J connectivity index is 1.58. The summed E-state index contributed by atoms with van der Waals surface area (Å²) in [5.74, 6) is -0.285. The Morgan fingerprint density at radius 3 is 2.36 bits per heavy atom. The van der Waals surface area contributed by atoms with E-state index in [0.29, 0.717) is 11.2 Å². The first-order valence-corrected chi connectivity index (χ1v) is 7.60. The smallest absolute Gasteiger partial charge is 0.319 e. The van der Waals surface area contributed by atoms with E-state index in [0.717, 1.165) is 16.6 Å². The molecular formula is C18H13N5O2. The van der Waals surface area contributed by atoms with Gasteiger partial charge in [0.15, 0.2) is 0 Å². The molecule has 2 aromatic heterocycles. The summed E-state index contributed by atoms with van der Waals surface area (Å²) in [4.78, 5) is 37.2. The third kappa shape index (κ3) is 3.02. The molecule has 4 aromatic rings. The van der Waals surface area contributed by atoms with Crippen molar-refractivity contribution in [3.05, 3.63) is 77.2 Å². The molecule has 0 aliphatic heterocycles. The number of carbonyl (C=O) groups excluding carboxylic acids is 1. The number of carbonyl (C=O) groups is 1. The van der Waals surface area contributed by atoms with Gasteiger partial charge in [-0.25, -0.2) is 14.8 Å². The molecule has 0 saturated carbocycles. The third-order valence-electron chi connectivity index (χ3n) is 3.74. The first-order chi connectivity index (χ1) is 12.2. The molecule has 0 bridgehead atoms. The number of H-pyrrole nitrogens is 2. The highest BCUT2D eigenvalue weighted by molar-refractivity contribution is 6.01. The van der Waals surface area contributed by atoms with E-state index in [2.05, 4.69) is 25.3 Å². The van der Waals surface area contributed by atoms with E-state index >= 15 is 0 Å². The number of fused-ring (bicyclic) bond motifs is 1. The summed E-state index contributed by atoms with van der Waals surface area (Å²) < 4.78 is 0. The fraction of sp³-hybridized carbons (Fsp3) is 0. The number of hydrogen-bond donors (Lipinski definition) is 3. The largest absolute Gasteiger partial charge is 0.323 e. The fourth-order valence-corrected chi connectivity index (χ4v) is 2.51. The number of aromatic amines is 2. The van der Waals surface area contributed by atoms with Crippen molar-refractivity contribution in [1.82, 2.24) is 19.9 Å². The fourth-order valence-electron chi connectivity index (χ4n) is 2.51. The standard InChI is InChI=1S/C18H13N5O2/c24-17(21-13-4-2-1-3-5-13)16-19-9-12(10-20-16)11-6-7-14-15(8-11)23-18(25)22-14/h1-10H,(H,21,24)(H2,22,23,25). The molecule has 2 heterocycles. The van der Waals surface area contributed by atoms with Crippen molar-refractivity contribution >= 4 is 22.6 Å². The van der Waals surface area contributed by atoms with Crippen LogP contribution in [0.2, 0.25) is 0 Å². The summed E-state index contributed by atoms with van der Waals surface area (Å²) in [5, 5.41) is 2.74. The number of rotatable bonds is 3. The van der Waals surface area contributed by atoms with E-state index in [-0.39, 0.29) is 17.4 Å². The Labute approximate surface area is 141 Å². The average molecular weight is 331 g/mol. The number of amides is 1. The second-order valence-electron chi connectivity index (χ2n) is 5.45. The highest BCUT2D eigenvalue weighted by Gasteiger charge is 2.10. The highest BCUT2D eigenvalue weighted by atomic mass is 16.2. The summed E-state index contributed by atoms with van der Waals surface area (Å²) in [6.45, 7) is 0. The maximum atomic E-state index is 12.2. The average Bonchev–Trinajstić information content (AvgIpc) is 3.02. The number of aromatic nitrogens is 4. The zero-order valence-electron chi connectivity index (χ0n) is 13.0. The van der Waals surface area contributed by atoms with Crippen LogP contribution in [-0.4, -0.2) is 25.8 Å². The van der Waals surface area contributed by atoms with Crippen LogP contribution in [0.1, 0.15) is 10.6 Å². The maximum absolute atomic E-state index is 12.2. The minimum atomic E-state index is -0.372. The Kier molecular flexibility index (Phi) is 3.59. The molecule has 1 amide bonds. The van der Waals surface area contributed by atoms with Gasteiger partial charge in [0.25, 0.3) is 5.91 Å². The minimum Gasteiger partial charge on any atom is -0.319 e. The molecule has 0 aliphatic carbocycles. The van der Waals surface area contributed by atoms with Crippen LogP contribution in [0.15, 0.2) is 65.7 Å². The van der Waals surface area contributed by atoms with Crippen LogP contribution in [0.25, 0.3) is 22.2 Å². The monoisotopic (exact) mass is 331 g/mol. The van der Waals surface area contributed by atoms with Crippen molar-refractivity contribution in [2.75, 3.05) is 5.32 Å². The lowest BCUT2D eigenvalue weighted by molar-refractivity contribution is 0.101. The topological polar surface area (TPSA) is 104 Å². The molecule has 3 N–H and O–H groups in total. The van der Waals surface area contributed by atoms with Gasteiger partial charge in [0.05, 0.1) is 11.0 Å². The summed E-state index contributed by atoms with van der Waals surface area (Å²) in [7, 11) is 0. The molecule has 0 fully saturated rings. The Bertz CT molecular complexity index is 1100. The predicted octanol–water partition coefficient (Wildman–Crippen LogP) is 2.57. The number of hydrogen-bond acceptors (Lipinski definition) is 4. The van der Waals surface area contributed by atoms with Crippen molar-refractivity contribution in [3.63, 3.8) is 0 Å². The summed E-state index contributed by atoms with van der Waals surface area (Å²) in [5.41, 5.74) is 3.46. The molecular weight excluding hydrogens is 318 g/mol. The summed E-state index contributed by atoms with van der Waals surface area (Å²) in [6.07, 6.45) is 3.16. The van der Waals surface area contributed by atoms with Gasteiger partial charge < -0.3 is 15.3 Å². The zero-order valence-corrected chi connectivity index (χ0v) is 13.0. The Morgan fingerprint density at radius 1 is 0.880 bits per heavy atom. The quantitative estimate of drug-likeness (QED) is 0.537. The second-order valence-corrected chi connectivity index (χ2v) is 5.45. The molecule has 4 rings (SSSR count). The third-order valence-corrected chi connectivity index (χ3v) is 3.74. The van der Waals surface area contributed by atoms with Crippen LogP contribution in [0.5, 0.6) is 0 Å². The number of nitrogens with one attached hydrogen (secondary N) is 3. The number of imidazole rings is 1. The van der Waals surface area contributed by atoms with Crippen molar-refractivity contribution in [2.24, 2.45) is 0 Å². The molecule has 0 atom stereocenters. The molecule has 0 aliphatic rings. The van der Waals surface area contributed by atoms with Crippen LogP contribution >= 0.6 is 0 Å². The van der Waals surface area contributed by atoms with Crippen molar-refractivity contribution in [3.8, 4) is 11.1 Å². The molecule has 7 nitrogen and oxygen atoms in total. The van der Waals surface area contributed by atoms with E-state index < -0.39 is 0 Å². The van der Waals surface area contributed by atoms with Gasteiger partial charge in [0.1, 0.15) is 0 Å². The number of benzene rings is 2. The lowest BCUT2D eigenvalue weighted by atomic mass is 10.1. The van der Waals surface area contributed by atoms with Gasteiger partial charge in [-0.15, -0.1) is 0 Å². The SMILES string of the molecule is O=C(Nc1ccccc1)c1ncc(-c2ccc3[nH]c(=O)[nH]c3c2)cn1. The predicted molar refractivity (Wildman–Crippen MR) is 94.3 cm³/mol. The molecule has 2 aromatic carbocycles. The first kappa shape index (κ1) is 14.8. The summed E-state index contributed by atoms with van der Waals surface area (Å²) >= 11 is 0. The Morgan fingerprint density at radius 2 is 1.60 bits per heavy atom. The van der Waals surface area contributed by atoms with E-state index in [9.17, 15) is 9.59 Å². The van der Waals surface area contributed by atoms with Gasteiger partial charge in [-0.3, -0.25) is 4.79 Å². The van der Waals surface area contributed by atoms with E-state index in [1.54, 1.807) is 30.6 Å². The molecule has 0 unspecified atom stereocenters. The van der Waals surface area contributed by atoms with Gasteiger partial charge in [-0.2, -0.15) is 0 Å². The molecule has 7 heteroatoms. The van der Waals surface area contributed by atoms with Crippen LogP contribution in [0, 0.1) is 0 Å². The number of nitrogens with zero attached hydrogens (tertiary/aromatic N) is 2. The van der Waals surface area contributed by atoms with Gasteiger partial charge in [0.2, 0.25) is 5.82 Å². The molecule has 25 heavy (non-hydrogen) atoms. The van der Waals surface area contributed by atoms with E-state index in [1.807, 2.05) is 30.3 Å². The minimum absolute atomic E-state index is 0.0868. The second kappa shape index (κ2) is 6.04. The first-order valence-electron chi connectivity index (χ1n) is 7.60. The van der Waals surface area contributed by atoms with Crippen molar-refractivity contribution < 1.29 is 4.79 Å². The van der Waals surface area contributed by atoms with Crippen molar-refractivity contribution in [2.45, 2.75) is 0 Å². The van der Waals surface area contributed by atoms with Crippen molar-refractivity contribution in [1.29, 1.82) is 0 Å². The maximum Gasteiger partial charge on any atom is 0.323 e.